The number of halogens is 1. The summed E-state index contributed by atoms with van der Waals surface area (Å²) in [6.45, 7) is 4.73. The molecule has 0 saturated carbocycles. The summed E-state index contributed by atoms with van der Waals surface area (Å²) in [6, 6.07) is 11.1. The van der Waals surface area contributed by atoms with Gasteiger partial charge in [0.1, 0.15) is 17.0 Å². The topological polar surface area (TPSA) is 59.2 Å². The van der Waals surface area contributed by atoms with Crippen LogP contribution in [0.15, 0.2) is 53.3 Å². The first-order chi connectivity index (χ1) is 12.1. The fourth-order valence-corrected chi connectivity index (χ4v) is 2.88. The summed E-state index contributed by atoms with van der Waals surface area (Å²) in [6.07, 6.45) is 3.43. The summed E-state index contributed by atoms with van der Waals surface area (Å²) in [4.78, 5) is 18.9. The van der Waals surface area contributed by atoms with Gasteiger partial charge >= 0.3 is 0 Å². The van der Waals surface area contributed by atoms with Crippen LogP contribution in [0, 0.1) is 6.92 Å². The minimum absolute atomic E-state index is 0.131. The van der Waals surface area contributed by atoms with Crippen molar-refractivity contribution >= 4 is 17.5 Å². The lowest BCUT2D eigenvalue weighted by atomic mass is 10.0. The molecule has 0 saturated heterocycles. The molecule has 25 heavy (non-hydrogen) atoms. The van der Waals surface area contributed by atoms with Crippen molar-refractivity contribution in [1.29, 1.82) is 0 Å². The number of hydrogen-bond donors (Lipinski definition) is 0. The zero-order valence-corrected chi connectivity index (χ0v) is 14.8. The minimum atomic E-state index is -0.131. The lowest BCUT2D eigenvalue weighted by Gasteiger charge is -2.21. The average Bonchev–Trinajstić information content (AvgIpc) is 3.01. The SMILES string of the molecule is CCN(Cc1ccncc1)C(=O)c1c(-c2ccccc2Cl)noc1C. The van der Waals surface area contributed by atoms with Crippen LogP contribution in [0.1, 0.15) is 28.6 Å². The monoisotopic (exact) mass is 355 g/mol. The summed E-state index contributed by atoms with van der Waals surface area (Å²) in [5, 5.41) is 4.60. The van der Waals surface area contributed by atoms with Crippen LogP contribution in [0.25, 0.3) is 11.3 Å². The second-order valence-electron chi connectivity index (χ2n) is 5.62. The van der Waals surface area contributed by atoms with E-state index in [0.717, 1.165) is 5.56 Å². The maximum atomic E-state index is 13.1. The first-order valence-corrected chi connectivity index (χ1v) is 8.39. The van der Waals surface area contributed by atoms with Gasteiger partial charge in [-0.05, 0) is 37.6 Å². The van der Waals surface area contributed by atoms with Gasteiger partial charge in [-0.25, -0.2) is 0 Å². The summed E-state index contributed by atoms with van der Waals surface area (Å²) >= 11 is 6.27. The van der Waals surface area contributed by atoms with E-state index in [4.69, 9.17) is 16.1 Å². The Morgan fingerprint density at radius 3 is 2.60 bits per heavy atom. The maximum absolute atomic E-state index is 13.1. The Bertz CT molecular complexity index is 877. The molecule has 6 heteroatoms. The summed E-state index contributed by atoms with van der Waals surface area (Å²) in [7, 11) is 0. The Morgan fingerprint density at radius 1 is 1.20 bits per heavy atom. The van der Waals surface area contributed by atoms with Gasteiger partial charge in [-0.3, -0.25) is 9.78 Å². The average molecular weight is 356 g/mol. The number of aromatic nitrogens is 2. The molecule has 0 aliphatic heterocycles. The van der Waals surface area contributed by atoms with Crippen molar-refractivity contribution in [2.24, 2.45) is 0 Å². The predicted octanol–water partition coefficient (Wildman–Crippen LogP) is 4.36. The van der Waals surface area contributed by atoms with Gasteiger partial charge in [-0.2, -0.15) is 0 Å². The fraction of sp³-hybridized carbons (Fsp3) is 0.211. The van der Waals surface area contributed by atoms with Crippen molar-refractivity contribution in [2.45, 2.75) is 20.4 Å². The molecule has 0 aliphatic carbocycles. The van der Waals surface area contributed by atoms with Crippen LogP contribution in [0.5, 0.6) is 0 Å². The molecule has 0 radical (unpaired) electrons. The van der Waals surface area contributed by atoms with Crippen molar-refractivity contribution in [2.75, 3.05) is 6.54 Å². The third-order valence-electron chi connectivity index (χ3n) is 4.00. The van der Waals surface area contributed by atoms with E-state index in [1.54, 1.807) is 30.3 Å². The zero-order valence-electron chi connectivity index (χ0n) is 14.1. The van der Waals surface area contributed by atoms with Crippen molar-refractivity contribution in [3.05, 3.63) is 70.7 Å². The van der Waals surface area contributed by atoms with Crippen molar-refractivity contribution in [3.8, 4) is 11.3 Å². The van der Waals surface area contributed by atoms with Crippen LogP contribution < -0.4 is 0 Å². The summed E-state index contributed by atoms with van der Waals surface area (Å²) < 4.78 is 5.30. The number of pyridine rings is 1. The highest BCUT2D eigenvalue weighted by Gasteiger charge is 2.26. The van der Waals surface area contributed by atoms with Crippen molar-refractivity contribution in [1.82, 2.24) is 15.0 Å². The number of rotatable bonds is 5. The lowest BCUT2D eigenvalue weighted by Crippen LogP contribution is -2.30. The third kappa shape index (κ3) is 3.56. The van der Waals surface area contributed by atoms with E-state index < -0.39 is 0 Å². The molecule has 0 aliphatic rings. The van der Waals surface area contributed by atoms with Gasteiger partial charge in [0.05, 0.1) is 5.02 Å². The van der Waals surface area contributed by atoms with E-state index in [2.05, 4.69) is 10.1 Å². The molecule has 3 rings (SSSR count). The molecule has 0 N–H and O–H groups in total. The molecule has 3 aromatic rings. The Labute approximate surface area is 151 Å². The van der Waals surface area contributed by atoms with E-state index in [9.17, 15) is 4.79 Å². The zero-order chi connectivity index (χ0) is 17.8. The van der Waals surface area contributed by atoms with E-state index in [1.165, 1.54) is 0 Å². The number of carbonyl (C=O) groups is 1. The van der Waals surface area contributed by atoms with Crippen LogP contribution in [0.3, 0.4) is 0 Å². The molecule has 0 spiro atoms. The standard InChI is InChI=1S/C19H18ClN3O2/c1-3-23(12-14-8-10-21-11-9-14)19(24)17-13(2)25-22-18(17)15-6-4-5-7-16(15)20/h4-11H,3,12H2,1-2H3. The number of amides is 1. The highest BCUT2D eigenvalue weighted by Crippen LogP contribution is 2.31. The maximum Gasteiger partial charge on any atom is 0.260 e. The number of nitrogens with zero attached hydrogens (tertiary/aromatic N) is 3. The molecule has 0 atom stereocenters. The van der Waals surface area contributed by atoms with Crippen LogP contribution in [0.4, 0.5) is 0 Å². The van der Waals surface area contributed by atoms with Gasteiger partial charge < -0.3 is 9.42 Å². The van der Waals surface area contributed by atoms with Gasteiger partial charge in [0, 0.05) is 31.0 Å². The molecule has 5 nitrogen and oxygen atoms in total. The first-order valence-electron chi connectivity index (χ1n) is 8.01. The molecule has 0 fully saturated rings. The molecule has 1 amide bonds. The van der Waals surface area contributed by atoms with E-state index in [-0.39, 0.29) is 5.91 Å². The molecular weight excluding hydrogens is 338 g/mol. The second kappa shape index (κ2) is 7.49. The number of benzene rings is 1. The molecular formula is C19H18ClN3O2. The molecule has 1 aromatic carbocycles. The lowest BCUT2D eigenvalue weighted by molar-refractivity contribution is 0.0751. The number of carbonyl (C=O) groups excluding carboxylic acids is 1. The Kier molecular flexibility index (Phi) is 5.14. The Balaban J connectivity index is 1.97. The van der Waals surface area contributed by atoms with Gasteiger partial charge in [0.25, 0.3) is 5.91 Å². The highest BCUT2D eigenvalue weighted by atomic mass is 35.5. The molecule has 2 aromatic heterocycles. The Hall–Kier alpha value is -2.66. The van der Waals surface area contributed by atoms with E-state index in [1.807, 2.05) is 37.3 Å². The van der Waals surface area contributed by atoms with Gasteiger partial charge in [0.15, 0.2) is 0 Å². The van der Waals surface area contributed by atoms with Crippen LogP contribution in [-0.4, -0.2) is 27.5 Å². The smallest absolute Gasteiger partial charge is 0.260 e. The summed E-state index contributed by atoms with van der Waals surface area (Å²) in [5.41, 5.74) is 2.62. The third-order valence-corrected chi connectivity index (χ3v) is 4.33. The fourth-order valence-electron chi connectivity index (χ4n) is 2.66. The molecule has 0 unspecified atom stereocenters. The summed E-state index contributed by atoms with van der Waals surface area (Å²) in [5.74, 6) is 0.348. The van der Waals surface area contributed by atoms with Crippen molar-refractivity contribution < 1.29 is 9.32 Å². The molecule has 2 heterocycles. The predicted molar refractivity (Wildman–Crippen MR) is 96.3 cm³/mol. The molecule has 128 valence electrons. The number of hydrogen-bond acceptors (Lipinski definition) is 4. The second-order valence-corrected chi connectivity index (χ2v) is 6.02. The minimum Gasteiger partial charge on any atom is -0.360 e. The van der Waals surface area contributed by atoms with Crippen LogP contribution >= 0.6 is 11.6 Å². The highest BCUT2D eigenvalue weighted by molar-refractivity contribution is 6.33. The Morgan fingerprint density at radius 2 is 1.92 bits per heavy atom. The normalized spacial score (nSPS) is 10.7. The first kappa shape index (κ1) is 17.2. The van der Waals surface area contributed by atoms with Crippen LogP contribution in [-0.2, 0) is 6.54 Å². The van der Waals surface area contributed by atoms with Crippen molar-refractivity contribution in [3.63, 3.8) is 0 Å². The largest absolute Gasteiger partial charge is 0.360 e. The van der Waals surface area contributed by atoms with Crippen LogP contribution in [0.2, 0.25) is 5.02 Å². The number of aryl methyl sites for hydroxylation is 1. The van der Waals surface area contributed by atoms with Gasteiger partial charge in [-0.1, -0.05) is 35.0 Å². The van der Waals surface area contributed by atoms with Gasteiger partial charge in [0.2, 0.25) is 0 Å². The van der Waals surface area contributed by atoms with E-state index >= 15 is 0 Å². The molecule has 0 bridgehead atoms. The van der Waals surface area contributed by atoms with E-state index in [0.29, 0.717) is 40.7 Å². The quantitative estimate of drug-likeness (QED) is 0.682. The van der Waals surface area contributed by atoms with Gasteiger partial charge in [-0.15, -0.1) is 0 Å².